The second-order valence-corrected chi connectivity index (χ2v) is 5.26. The van der Waals surface area contributed by atoms with Gasteiger partial charge in [0.25, 0.3) is 0 Å². The molecule has 18 heavy (non-hydrogen) atoms. The van der Waals surface area contributed by atoms with Crippen molar-refractivity contribution in [3.05, 3.63) is 12.2 Å². The molecule has 4 heteroatoms. The summed E-state index contributed by atoms with van der Waals surface area (Å²) < 4.78 is 0. The zero-order valence-electron chi connectivity index (χ0n) is 10.8. The van der Waals surface area contributed by atoms with Gasteiger partial charge in [0.05, 0.1) is 11.8 Å². The van der Waals surface area contributed by atoms with Gasteiger partial charge in [-0.05, 0) is 32.1 Å². The number of allylic oxidation sites excluding steroid dienone is 2. The first-order chi connectivity index (χ1) is 8.65. The van der Waals surface area contributed by atoms with Crippen LogP contribution < -0.4 is 0 Å². The molecule has 0 radical (unpaired) electrons. The van der Waals surface area contributed by atoms with E-state index in [1.165, 1.54) is 0 Å². The lowest BCUT2D eigenvalue weighted by atomic mass is 9.82. The van der Waals surface area contributed by atoms with Crippen molar-refractivity contribution < 1.29 is 14.7 Å². The van der Waals surface area contributed by atoms with E-state index in [1.807, 2.05) is 17.1 Å². The third kappa shape index (κ3) is 2.74. The average molecular weight is 251 g/mol. The van der Waals surface area contributed by atoms with E-state index < -0.39 is 11.9 Å². The molecule has 1 saturated carbocycles. The summed E-state index contributed by atoms with van der Waals surface area (Å²) in [5.74, 6) is -1.69. The van der Waals surface area contributed by atoms with Crippen LogP contribution in [0.5, 0.6) is 0 Å². The molecule has 1 N–H and O–H groups in total. The minimum absolute atomic E-state index is 0.0519. The van der Waals surface area contributed by atoms with Crippen LogP contribution in [0.25, 0.3) is 0 Å². The lowest BCUT2D eigenvalue weighted by Gasteiger charge is -2.31. The highest BCUT2D eigenvalue weighted by Gasteiger charge is 2.40. The van der Waals surface area contributed by atoms with Gasteiger partial charge in [0, 0.05) is 12.6 Å². The van der Waals surface area contributed by atoms with Gasteiger partial charge >= 0.3 is 5.97 Å². The zero-order valence-corrected chi connectivity index (χ0v) is 10.8. The van der Waals surface area contributed by atoms with E-state index in [0.29, 0.717) is 18.9 Å². The topological polar surface area (TPSA) is 57.6 Å². The Morgan fingerprint density at radius 3 is 2.33 bits per heavy atom. The molecule has 0 aromatic heterocycles. The molecule has 2 rings (SSSR count). The maximum absolute atomic E-state index is 12.5. The minimum Gasteiger partial charge on any atom is -0.481 e. The number of hydrogen-bond acceptors (Lipinski definition) is 2. The summed E-state index contributed by atoms with van der Waals surface area (Å²) >= 11 is 0. The first-order valence-corrected chi connectivity index (χ1v) is 6.83. The molecule has 2 atom stereocenters. The number of carboxylic acid groups (broad SMARTS) is 1. The highest BCUT2D eigenvalue weighted by Crippen LogP contribution is 2.33. The molecule has 2 aliphatic carbocycles. The molecule has 2 aliphatic rings. The number of carbonyl (C=O) groups is 2. The van der Waals surface area contributed by atoms with Crippen molar-refractivity contribution in [2.45, 2.75) is 45.1 Å². The molecule has 0 aromatic carbocycles. The molecule has 4 nitrogen and oxygen atoms in total. The number of carbonyl (C=O) groups excluding carboxylic acids is 1. The van der Waals surface area contributed by atoms with Crippen molar-refractivity contribution in [2.75, 3.05) is 6.54 Å². The fraction of sp³-hybridized carbons (Fsp3) is 0.714. The Morgan fingerprint density at radius 1 is 1.22 bits per heavy atom. The second-order valence-electron chi connectivity index (χ2n) is 5.26. The molecule has 0 unspecified atom stereocenters. The number of rotatable bonds is 5. The smallest absolute Gasteiger partial charge is 0.307 e. The number of amides is 1. The maximum atomic E-state index is 12.5. The van der Waals surface area contributed by atoms with Crippen LogP contribution in [0.1, 0.15) is 39.0 Å². The van der Waals surface area contributed by atoms with Crippen LogP contribution in [0.4, 0.5) is 0 Å². The molecule has 0 bridgehead atoms. The van der Waals surface area contributed by atoms with Gasteiger partial charge in [0.15, 0.2) is 0 Å². The normalized spacial score (nSPS) is 26.9. The van der Waals surface area contributed by atoms with E-state index in [2.05, 4.69) is 6.92 Å². The van der Waals surface area contributed by atoms with E-state index in [4.69, 9.17) is 0 Å². The Hall–Kier alpha value is -1.32. The Kier molecular flexibility index (Phi) is 4.04. The van der Waals surface area contributed by atoms with Crippen molar-refractivity contribution in [1.29, 1.82) is 0 Å². The largest absolute Gasteiger partial charge is 0.481 e. The van der Waals surface area contributed by atoms with Gasteiger partial charge < -0.3 is 10.0 Å². The highest BCUT2D eigenvalue weighted by atomic mass is 16.4. The average Bonchev–Trinajstić information content (AvgIpc) is 3.19. The molecule has 1 fully saturated rings. The molecular formula is C14H21NO3. The van der Waals surface area contributed by atoms with E-state index in [1.54, 1.807) is 0 Å². The first-order valence-electron chi connectivity index (χ1n) is 6.83. The van der Waals surface area contributed by atoms with E-state index in [9.17, 15) is 14.7 Å². The third-order valence-electron chi connectivity index (χ3n) is 3.80. The van der Waals surface area contributed by atoms with Crippen molar-refractivity contribution >= 4 is 11.9 Å². The fourth-order valence-corrected chi connectivity index (χ4v) is 2.67. The van der Waals surface area contributed by atoms with Crippen LogP contribution in [0, 0.1) is 11.8 Å². The van der Waals surface area contributed by atoms with Crippen molar-refractivity contribution in [1.82, 2.24) is 4.90 Å². The van der Waals surface area contributed by atoms with Gasteiger partial charge in [0.2, 0.25) is 5.91 Å². The van der Waals surface area contributed by atoms with Crippen LogP contribution in [0.2, 0.25) is 0 Å². The summed E-state index contributed by atoms with van der Waals surface area (Å²) in [6.45, 7) is 2.81. The summed E-state index contributed by atoms with van der Waals surface area (Å²) in [6, 6.07) is 0.373. The van der Waals surface area contributed by atoms with E-state index in [-0.39, 0.29) is 11.8 Å². The lowest BCUT2D eigenvalue weighted by molar-refractivity contribution is -0.150. The maximum Gasteiger partial charge on any atom is 0.307 e. The summed E-state index contributed by atoms with van der Waals surface area (Å²) in [5.41, 5.74) is 0. The predicted molar refractivity (Wildman–Crippen MR) is 68.0 cm³/mol. The number of nitrogens with zero attached hydrogens (tertiary/aromatic N) is 1. The molecular weight excluding hydrogens is 230 g/mol. The van der Waals surface area contributed by atoms with Crippen molar-refractivity contribution in [3.63, 3.8) is 0 Å². The molecule has 0 saturated heterocycles. The summed E-state index contributed by atoms with van der Waals surface area (Å²) in [5, 5.41) is 9.22. The SMILES string of the molecule is CCCN(C(=O)[C@@H]1CC=CC[C@@H]1C(=O)O)C1CC1. The number of aliphatic carboxylic acids is 1. The predicted octanol–water partition coefficient (Wildman–Crippen LogP) is 2.05. The van der Waals surface area contributed by atoms with Crippen LogP contribution >= 0.6 is 0 Å². The molecule has 100 valence electrons. The minimum atomic E-state index is -0.843. The van der Waals surface area contributed by atoms with Gasteiger partial charge in [-0.1, -0.05) is 19.1 Å². The third-order valence-corrected chi connectivity index (χ3v) is 3.80. The number of hydrogen-bond donors (Lipinski definition) is 1. The molecule has 0 spiro atoms. The molecule has 0 aliphatic heterocycles. The first kappa shape index (κ1) is 13.1. The van der Waals surface area contributed by atoms with Gasteiger partial charge in [-0.25, -0.2) is 0 Å². The Labute approximate surface area is 108 Å². The summed E-state index contributed by atoms with van der Waals surface area (Å²) in [7, 11) is 0. The van der Waals surface area contributed by atoms with E-state index in [0.717, 1.165) is 25.8 Å². The van der Waals surface area contributed by atoms with Gasteiger partial charge in [-0.3, -0.25) is 9.59 Å². The Balaban J connectivity index is 2.09. The van der Waals surface area contributed by atoms with Gasteiger partial charge in [-0.2, -0.15) is 0 Å². The highest BCUT2D eigenvalue weighted by molar-refractivity contribution is 5.85. The quantitative estimate of drug-likeness (QED) is 0.761. The van der Waals surface area contributed by atoms with Gasteiger partial charge in [-0.15, -0.1) is 0 Å². The lowest BCUT2D eigenvalue weighted by Crippen LogP contribution is -2.43. The summed E-state index contributed by atoms with van der Waals surface area (Å²) in [4.78, 5) is 25.7. The van der Waals surface area contributed by atoms with Crippen LogP contribution in [-0.4, -0.2) is 34.5 Å². The van der Waals surface area contributed by atoms with Crippen molar-refractivity contribution in [3.8, 4) is 0 Å². The number of carboxylic acids is 1. The molecule has 0 aromatic rings. The van der Waals surface area contributed by atoms with Crippen molar-refractivity contribution in [2.24, 2.45) is 11.8 Å². The van der Waals surface area contributed by atoms with Gasteiger partial charge in [0.1, 0.15) is 0 Å². The summed E-state index contributed by atoms with van der Waals surface area (Å²) in [6.07, 6.45) is 7.96. The second kappa shape index (κ2) is 5.55. The monoisotopic (exact) mass is 251 g/mol. The zero-order chi connectivity index (χ0) is 13.1. The standard InChI is InChI=1S/C14H21NO3/c1-2-9-15(10-7-8-10)13(16)11-5-3-4-6-12(11)14(17)18/h3-4,10-12H,2,5-9H2,1H3,(H,17,18)/t11-,12+/m1/s1. The molecule has 1 amide bonds. The Morgan fingerprint density at radius 2 is 1.83 bits per heavy atom. The van der Waals surface area contributed by atoms with Crippen LogP contribution in [0.3, 0.4) is 0 Å². The van der Waals surface area contributed by atoms with Crippen LogP contribution in [-0.2, 0) is 9.59 Å². The molecule has 0 heterocycles. The Bertz CT molecular complexity index is 360. The van der Waals surface area contributed by atoms with E-state index >= 15 is 0 Å². The van der Waals surface area contributed by atoms with Crippen LogP contribution in [0.15, 0.2) is 12.2 Å². The fourth-order valence-electron chi connectivity index (χ4n) is 2.67.